The van der Waals surface area contributed by atoms with Crippen LogP contribution < -0.4 is 0 Å². The van der Waals surface area contributed by atoms with Crippen molar-refractivity contribution in [1.82, 2.24) is 4.90 Å². The number of Topliss-reactive ketones (excluding diaryl/α,β-unsaturated/α-hetero) is 1. The molecule has 1 aromatic heterocycles. The van der Waals surface area contributed by atoms with Gasteiger partial charge in [-0.1, -0.05) is 13.8 Å². The van der Waals surface area contributed by atoms with Crippen LogP contribution in [0, 0.1) is 0 Å². The Morgan fingerprint density at radius 1 is 1.47 bits per heavy atom. The van der Waals surface area contributed by atoms with Crippen molar-refractivity contribution in [1.29, 1.82) is 0 Å². The van der Waals surface area contributed by atoms with E-state index in [0.717, 1.165) is 29.0 Å². The van der Waals surface area contributed by atoms with Gasteiger partial charge in [-0.25, -0.2) is 0 Å². The lowest BCUT2D eigenvalue weighted by atomic mass is 10.2. The second-order valence-electron chi connectivity index (χ2n) is 3.30. The summed E-state index contributed by atoms with van der Waals surface area (Å²) in [5.74, 6) is 0.240. The molecule has 0 aliphatic rings. The van der Waals surface area contributed by atoms with Crippen LogP contribution in [0.4, 0.5) is 0 Å². The number of thiophene rings is 1. The number of ketones is 1. The zero-order valence-electron chi connectivity index (χ0n) is 9.12. The molecule has 0 aliphatic heterocycles. The van der Waals surface area contributed by atoms with E-state index in [4.69, 9.17) is 0 Å². The Morgan fingerprint density at radius 3 is 2.60 bits per heavy atom. The predicted molar refractivity (Wildman–Crippen MR) is 68.8 cm³/mol. The van der Waals surface area contributed by atoms with Crippen molar-refractivity contribution in [3.05, 3.63) is 20.8 Å². The number of halogens is 1. The van der Waals surface area contributed by atoms with Crippen molar-refractivity contribution < 1.29 is 4.79 Å². The van der Waals surface area contributed by atoms with Crippen molar-refractivity contribution >= 4 is 33.0 Å². The Bertz CT molecular complexity index is 320. The van der Waals surface area contributed by atoms with Gasteiger partial charge in [0.05, 0.1) is 4.88 Å². The molecule has 1 heterocycles. The summed E-state index contributed by atoms with van der Waals surface area (Å²) in [4.78, 5) is 14.9. The van der Waals surface area contributed by atoms with Gasteiger partial charge in [-0.2, -0.15) is 0 Å². The molecule has 0 unspecified atom stereocenters. The van der Waals surface area contributed by atoms with E-state index in [1.165, 1.54) is 11.3 Å². The first-order valence-corrected chi connectivity index (χ1v) is 6.84. The molecule has 1 rings (SSSR count). The highest BCUT2D eigenvalue weighted by Crippen LogP contribution is 2.23. The first-order chi connectivity index (χ1) is 7.19. The topological polar surface area (TPSA) is 20.3 Å². The van der Waals surface area contributed by atoms with Crippen LogP contribution in [0.1, 0.15) is 29.9 Å². The van der Waals surface area contributed by atoms with E-state index in [2.05, 4.69) is 34.7 Å². The van der Waals surface area contributed by atoms with Crippen LogP contribution >= 0.6 is 27.3 Å². The summed E-state index contributed by atoms with van der Waals surface area (Å²) in [6, 6.07) is 1.93. The summed E-state index contributed by atoms with van der Waals surface area (Å²) in [7, 11) is 0. The molecule has 0 radical (unpaired) electrons. The molecule has 0 saturated carbocycles. The molecule has 0 amide bonds. The Hall–Kier alpha value is -0.190. The molecular formula is C11H16BrNOS. The van der Waals surface area contributed by atoms with E-state index in [1.54, 1.807) is 0 Å². The number of nitrogens with zero attached hydrogens (tertiary/aromatic N) is 1. The van der Waals surface area contributed by atoms with Gasteiger partial charge in [0.15, 0.2) is 5.78 Å². The molecule has 0 aromatic carbocycles. The van der Waals surface area contributed by atoms with Crippen molar-refractivity contribution in [2.75, 3.05) is 19.6 Å². The number of rotatable bonds is 6. The number of hydrogen-bond acceptors (Lipinski definition) is 3. The van der Waals surface area contributed by atoms with Gasteiger partial charge < -0.3 is 4.90 Å². The fourth-order valence-corrected chi connectivity index (χ4v) is 2.97. The number of carbonyl (C=O) groups excluding carboxylic acids is 1. The molecule has 0 spiro atoms. The molecule has 4 heteroatoms. The third kappa shape index (κ3) is 3.70. The van der Waals surface area contributed by atoms with E-state index in [9.17, 15) is 4.79 Å². The van der Waals surface area contributed by atoms with Gasteiger partial charge in [0.25, 0.3) is 0 Å². The second-order valence-corrected chi connectivity index (χ2v) is 5.07. The zero-order chi connectivity index (χ0) is 11.3. The fourth-order valence-electron chi connectivity index (χ4n) is 1.41. The van der Waals surface area contributed by atoms with Gasteiger partial charge in [0, 0.05) is 17.4 Å². The Balaban J connectivity index is 2.47. The maximum Gasteiger partial charge on any atom is 0.175 e. The summed E-state index contributed by atoms with van der Waals surface area (Å²) >= 11 is 4.89. The van der Waals surface area contributed by atoms with Crippen molar-refractivity contribution in [3.8, 4) is 0 Å². The van der Waals surface area contributed by atoms with Gasteiger partial charge in [-0.15, -0.1) is 11.3 Å². The fraction of sp³-hybridized carbons (Fsp3) is 0.545. The predicted octanol–water partition coefficient (Wildman–Crippen LogP) is 3.43. The van der Waals surface area contributed by atoms with Gasteiger partial charge in [-0.3, -0.25) is 4.79 Å². The number of carbonyl (C=O) groups is 1. The largest absolute Gasteiger partial charge is 0.303 e. The van der Waals surface area contributed by atoms with E-state index < -0.39 is 0 Å². The third-order valence-electron chi connectivity index (χ3n) is 2.42. The van der Waals surface area contributed by atoms with Gasteiger partial charge in [0.1, 0.15) is 0 Å². The summed E-state index contributed by atoms with van der Waals surface area (Å²) < 4.78 is 0.928. The van der Waals surface area contributed by atoms with Crippen LogP contribution in [0.15, 0.2) is 15.9 Å². The lowest BCUT2D eigenvalue weighted by Crippen LogP contribution is -2.25. The quantitative estimate of drug-likeness (QED) is 0.748. The first-order valence-electron chi connectivity index (χ1n) is 5.17. The molecule has 0 atom stereocenters. The molecule has 1 aromatic rings. The van der Waals surface area contributed by atoms with Crippen LogP contribution in [0.3, 0.4) is 0 Å². The maximum atomic E-state index is 11.8. The molecule has 84 valence electrons. The highest BCUT2D eigenvalue weighted by molar-refractivity contribution is 9.10. The standard InChI is InChI=1S/C11H16BrNOS/c1-3-13(4-2)7-5-10(14)11-9(12)6-8-15-11/h6,8H,3-5,7H2,1-2H3. The molecule has 2 nitrogen and oxygen atoms in total. The molecule has 0 fully saturated rings. The molecule has 0 saturated heterocycles. The van der Waals surface area contributed by atoms with Gasteiger partial charge >= 0.3 is 0 Å². The lowest BCUT2D eigenvalue weighted by Gasteiger charge is -2.16. The van der Waals surface area contributed by atoms with E-state index in [-0.39, 0.29) is 5.78 Å². The number of hydrogen-bond donors (Lipinski definition) is 0. The summed E-state index contributed by atoms with van der Waals surface area (Å²) in [5, 5.41) is 1.94. The first kappa shape index (κ1) is 12.9. The zero-order valence-corrected chi connectivity index (χ0v) is 11.5. The molecule has 0 aliphatic carbocycles. The maximum absolute atomic E-state index is 11.8. The summed E-state index contributed by atoms with van der Waals surface area (Å²) in [6.07, 6.45) is 0.612. The van der Waals surface area contributed by atoms with Gasteiger partial charge in [-0.05, 0) is 40.5 Å². The average Bonchev–Trinajstić information content (AvgIpc) is 2.66. The van der Waals surface area contributed by atoms with Crippen molar-refractivity contribution in [3.63, 3.8) is 0 Å². The van der Waals surface area contributed by atoms with Crippen molar-refractivity contribution in [2.45, 2.75) is 20.3 Å². The Labute approximate surface area is 103 Å². The summed E-state index contributed by atoms with van der Waals surface area (Å²) in [5.41, 5.74) is 0. The lowest BCUT2D eigenvalue weighted by molar-refractivity contribution is 0.0970. The normalized spacial score (nSPS) is 10.9. The summed E-state index contributed by atoms with van der Waals surface area (Å²) in [6.45, 7) is 7.12. The molecular weight excluding hydrogens is 274 g/mol. The van der Waals surface area contributed by atoms with E-state index in [1.807, 2.05) is 11.4 Å². The van der Waals surface area contributed by atoms with Crippen molar-refractivity contribution in [2.24, 2.45) is 0 Å². The minimum absolute atomic E-state index is 0.240. The van der Waals surface area contributed by atoms with Gasteiger partial charge in [0.2, 0.25) is 0 Å². The van der Waals surface area contributed by atoms with Crippen LogP contribution in [-0.2, 0) is 0 Å². The average molecular weight is 290 g/mol. The van der Waals surface area contributed by atoms with Crippen LogP contribution in [-0.4, -0.2) is 30.3 Å². The van der Waals surface area contributed by atoms with E-state index >= 15 is 0 Å². The van der Waals surface area contributed by atoms with Crippen LogP contribution in [0.5, 0.6) is 0 Å². The third-order valence-corrected chi connectivity index (χ3v) is 4.30. The molecule has 15 heavy (non-hydrogen) atoms. The van der Waals surface area contributed by atoms with E-state index in [0.29, 0.717) is 6.42 Å². The molecule has 0 N–H and O–H groups in total. The monoisotopic (exact) mass is 289 g/mol. The minimum Gasteiger partial charge on any atom is -0.303 e. The highest BCUT2D eigenvalue weighted by Gasteiger charge is 2.12. The Kier molecular flexibility index (Phi) is 5.50. The van der Waals surface area contributed by atoms with Crippen LogP contribution in [0.25, 0.3) is 0 Å². The van der Waals surface area contributed by atoms with Crippen LogP contribution in [0.2, 0.25) is 0 Å². The smallest absolute Gasteiger partial charge is 0.175 e. The minimum atomic E-state index is 0.240. The Morgan fingerprint density at radius 2 is 2.13 bits per heavy atom. The second kappa shape index (κ2) is 6.40. The highest BCUT2D eigenvalue weighted by atomic mass is 79.9. The molecule has 0 bridgehead atoms. The SMILES string of the molecule is CCN(CC)CCC(=O)c1sccc1Br.